The molecule has 3 rings (SSSR count). The van der Waals surface area contributed by atoms with E-state index in [-0.39, 0.29) is 0 Å². The van der Waals surface area contributed by atoms with Crippen LogP contribution in [0.15, 0.2) is 36.9 Å². The molecule has 0 amide bonds. The van der Waals surface area contributed by atoms with Crippen LogP contribution in [0.25, 0.3) is 0 Å². The molecule has 86 valence electrons. The zero-order chi connectivity index (χ0) is 12.4. The van der Waals surface area contributed by atoms with Gasteiger partial charge in [0.05, 0.1) is 0 Å². The van der Waals surface area contributed by atoms with E-state index in [4.69, 9.17) is 6.15 Å². The van der Waals surface area contributed by atoms with E-state index < -0.39 is 0 Å². The Labute approximate surface area is 101 Å². The fraction of sp³-hybridized carbons (Fsp3) is 0.231. The van der Waals surface area contributed by atoms with Crippen molar-refractivity contribution < 1.29 is 6.15 Å². The highest BCUT2D eigenvalue weighted by Gasteiger charge is 2.14. The summed E-state index contributed by atoms with van der Waals surface area (Å²) in [7, 11) is 0. The number of benzene rings is 1. The first-order valence-corrected chi connectivity index (χ1v) is 5.54. The number of nitrogens with one attached hydrogen (secondary N) is 1. The zero-order valence-electron chi connectivity index (χ0n) is 10.3. The number of hydrogen-bond donors (Lipinski definition) is 1. The fourth-order valence-electron chi connectivity index (χ4n) is 1.93. The predicted octanol–water partition coefficient (Wildman–Crippen LogP) is 1.66. The second-order valence-corrected chi connectivity index (χ2v) is 3.97. The monoisotopic (exact) mass is 228 g/mol. The second kappa shape index (κ2) is 4.51. The number of ether oxygens (including phenoxy) is 1. The van der Waals surface area contributed by atoms with Crippen LogP contribution >= 0.6 is 0 Å². The Kier molecular flexibility index (Phi) is 2.42. The van der Waals surface area contributed by atoms with Gasteiger partial charge in [-0.05, 0) is 11.6 Å². The predicted molar refractivity (Wildman–Crippen MR) is 63.3 cm³/mol. The first-order chi connectivity index (χ1) is 8.83. The van der Waals surface area contributed by atoms with Crippen LogP contribution in [-0.2, 0) is 19.7 Å². The van der Waals surface area contributed by atoms with Crippen molar-refractivity contribution in [3.8, 4) is 5.75 Å². The van der Waals surface area contributed by atoms with Gasteiger partial charge in [-0.25, -0.2) is 9.97 Å². The molecule has 2 aromatic rings. The van der Waals surface area contributed by atoms with E-state index in [1.807, 2.05) is 18.2 Å². The molecule has 1 aromatic carbocycles. The molecule has 0 bridgehead atoms. The summed E-state index contributed by atoms with van der Waals surface area (Å²) >= 11 is 0. The van der Waals surface area contributed by atoms with Crippen molar-refractivity contribution in [2.45, 2.75) is 19.7 Å². The van der Waals surface area contributed by atoms with Crippen LogP contribution in [0, 0.1) is 0 Å². The fourth-order valence-corrected chi connectivity index (χ4v) is 1.93. The van der Waals surface area contributed by atoms with Gasteiger partial charge >= 0.3 is 0 Å². The number of rotatable bonds is 3. The minimum Gasteiger partial charge on any atom is -0.488 e. The summed E-state index contributed by atoms with van der Waals surface area (Å²) in [5, 5.41) is 1.53. The molecule has 0 aliphatic carbocycles. The maximum atomic E-state index is 7.67. The molecule has 0 spiro atoms. The molecule has 4 heteroatoms. The summed E-state index contributed by atoms with van der Waals surface area (Å²) in [6.07, 6.45) is 4.99. The molecule has 4 nitrogen and oxygen atoms in total. The van der Waals surface area contributed by atoms with Crippen LogP contribution in [-0.4, -0.2) is 9.97 Å². The summed E-state index contributed by atoms with van der Waals surface area (Å²) in [6, 6.07) is 5.96. The van der Waals surface area contributed by atoms with E-state index in [9.17, 15) is 0 Å². The third-order valence-corrected chi connectivity index (χ3v) is 2.79. The quantitative estimate of drug-likeness (QED) is 0.868. The van der Waals surface area contributed by atoms with Crippen LogP contribution in [0.3, 0.4) is 0 Å². The topological polar surface area (TPSA) is 47.0 Å². The lowest BCUT2D eigenvalue weighted by atomic mass is 10.1. The van der Waals surface area contributed by atoms with E-state index in [1.165, 1.54) is 17.2 Å². The third-order valence-electron chi connectivity index (χ3n) is 2.79. The summed E-state index contributed by atoms with van der Waals surface area (Å²) in [5.41, 5.74) is 3.23. The van der Waals surface area contributed by atoms with Gasteiger partial charge in [-0.1, -0.05) is 12.1 Å². The molecule has 1 aliphatic heterocycles. The van der Waals surface area contributed by atoms with Gasteiger partial charge in [0.2, 0.25) is 0 Å². The van der Waals surface area contributed by atoms with Crippen molar-refractivity contribution in [2.75, 3.05) is 0 Å². The van der Waals surface area contributed by atoms with E-state index in [2.05, 4.69) is 9.97 Å². The van der Waals surface area contributed by atoms with E-state index >= 15 is 0 Å². The lowest BCUT2D eigenvalue weighted by Gasteiger charge is -2.09. The van der Waals surface area contributed by atoms with Gasteiger partial charge in [-0.2, -0.15) is 0 Å². The smallest absolute Gasteiger partial charge is 0.124 e. The first-order valence-electron chi connectivity index (χ1n) is 5.99. The third kappa shape index (κ3) is 2.12. The number of hydrogen-bond acceptors (Lipinski definition) is 4. The van der Waals surface area contributed by atoms with Gasteiger partial charge in [0.1, 0.15) is 20.1 Å². The van der Waals surface area contributed by atoms with Crippen LogP contribution in [0.2, 0.25) is 1.41 Å². The van der Waals surface area contributed by atoms with Crippen LogP contribution < -0.4 is 10.0 Å². The Morgan fingerprint density at radius 3 is 3.06 bits per heavy atom. The van der Waals surface area contributed by atoms with Gasteiger partial charge in [0.15, 0.2) is 0 Å². The number of aromatic nitrogens is 2. The molecule has 0 unspecified atom stereocenters. The molecule has 1 aromatic heterocycles. The summed E-state index contributed by atoms with van der Waals surface area (Å²) in [6.45, 7) is 1.74. The van der Waals surface area contributed by atoms with Crippen molar-refractivity contribution in [2.24, 2.45) is 0 Å². The molecule has 2 heterocycles. The van der Waals surface area contributed by atoms with Crippen molar-refractivity contribution in [3.05, 3.63) is 53.6 Å². The average molecular weight is 228 g/mol. The standard InChI is InChI=1S/C13H13N3O/c1-2-11-6-14-7-12(11)13(3-1)17-8-10-4-15-9-16-5-10/h1-5,9,14H,6-8H2/i/hD. The number of nitrogens with zero attached hydrogens (tertiary/aromatic N) is 2. The van der Waals surface area contributed by atoms with E-state index in [0.29, 0.717) is 19.7 Å². The summed E-state index contributed by atoms with van der Waals surface area (Å²) in [4.78, 5) is 7.90. The van der Waals surface area contributed by atoms with E-state index in [1.54, 1.807) is 12.4 Å². The summed E-state index contributed by atoms with van der Waals surface area (Å²) < 4.78 is 13.5. The van der Waals surface area contributed by atoms with Crippen molar-refractivity contribution in [1.29, 1.82) is 0 Å². The molecule has 0 saturated heterocycles. The molecule has 17 heavy (non-hydrogen) atoms. The lowest BCUT2D eigenvalue weighted by molar-refractivity contribution is 0.302. The minimum atomic E-state index is 0.454. The molecular formula is C13H13N3O. The lowest BCUT2D eigenvalue weighted by Crippen LogP contribution is -2.02. The highest BCUT2D eigenvalue weighted by Crippen LogP contribution is 2.26. The largest absolute Gasteiger partial charge is 0.488 e. The first kappa shape index (κ1) is 9.13. The Morgan fingerprint density at radius 1 is 1.29 bits per heavy atom. The Hall–Kier alpha value is -1.94. The van der Waals surface area contributed by atoms with Crippen molar-refractivity contribution >= 4 is 0 Å². The molecule has 1 aliphatic rings. The Bertz CT molecular complexity index is 547. The maximum absolute atomic E-state index is 7.67. The molecule has 1 N–H and O–H groups in total. The Morgan fingerprint density at radius 2 is 2.18 bits per heavy atom. The SMILES string of the molecule is [2H]N1Cc2cccc(OCc3cncnc3)c2C1. The highest BCUT2D eigenvalue weighted by atomic mass is 16.5. The van der Waals surface area contributed by atoms with Crippen LogP contribution in [0.4, 0.5) is 0 Å². The van der Waals surface area contributed by atoms with Gasteiger partial charge in [0, 0.05) is 36.6 Å². The molecule has 0 saturated carbocycles. The maximum Gasteiger partial charge on any atom is 0.124 e. The van der Waals surface area contributed by atoms with Gasteiger partial charge in [0.25, 0.3) is 0 Å². The van der Waals surface area contributed by atoms with Crippen LogP contribution in [0.1, 0.15) is 16.7 Å². The van der Waals surface area contributed by atoms with Crippen molar-refractivity contribution in [1.82, 2.24) is 15.3 Å². The second-order valence-electron chi connectivity index (χ2n) is 3.97. The van der Waals surface area contributed by atoms with Gasteiger partial charge in [-0.15, -0.1) is 0 Å². The van der Waals surface area contributed by atoms with Gasteiger partial charge < -0.3 is 10.0 Å². The van der Waals surface area contributed by atoms with Crippen molar-refractivity contribution in [3.63, 3.8) is 0 Å². The summed E-state index contributed by atoms with van der Waals surface area (Å²) in [5.74, 6) is 0.853. The Balaban J connectivity index is 1.77. The molecular weight excluding hydrogens is 214 g/mol. The minimum absolute atomic E-state index is 0.454. The van der Waals surface area contributed by atoms with Crippen LogP contribution in [0.5, 0.6) is 5.75 Å². The van der Waals surface area contributed by atoms with E-state index in [0.717, 1.165) is 16.9 Å². The average Bonchev–Trinajstić information content (AvgIpc) is 2.78. The molecule has 0 atom stereocenters. The highest BCUT2D eigenvalue weighted by molar-refractivity contribution is 5.42. The van der Waals surface area contributed by atoms with Gasteiger partial charge in [-0.3, -0.25) is 0 Å². The number of fused-ring (bicyclic) bond motifs is 1. The molecule has 0 fully saturated rings. The zero-order valence-corrected chi connectivity index (χ0v) is 9.34. The molecule has 0 radical (unpaired) electrons. The normalized spacial score (nSPS) is 15.4.